The number of hydrogen-bond acceptors (Lipinski definition) is 1. The third kappa shape index (κ3) is 7.54. The Labute approximate surface area is 178 Å². The first-order valence-electron chi connectivity index (χ1n) is 10.9. The molecule has 0 unspecified atom stereocenters. The van der Waals surface area contributed by atoms with Crippen LogP contribution in [0.3, 0.4) is 0 Å². The van der Waals surface area contributed by atoms with Crippen molar-refractivity contribution in [2.45, 2.75) is 119 Å². The number of hydrogen-bond donors (Lipinski definition) is 0. The van der Waals surface area contributed by atoms with Gasteiger partial charge in [-0.05, 0) is 77.0 Å². The van der Waals surface area contributed by atoms with Gasteiger partial charge in [0.15, 0.2) is 0 Å². The first-order valence-corrected chi connectivity index (χ1v) is 10.9. The largest absolute Gasteiger partial charge is 0.288 e. The Hall–Kier alpha value is -0.820. The Bertz CT molecular complexity index is 474. The zero-order valence-corrected chi connectivity index (χ0v) is 21.4. The van der Waals surface area contributed by atoms with Crippen LogP contribution < -0.4 is 0 Å². The third-order valence-electron chi connectivity index (χ3n) is 6.14. The van der Waals surface area contributed by atoms with Gasteiger partial charge < -0.3 is 0 Å². The van der Waals surface area contributed by atoms with E-state index in [1.165, 1.54) is 0 Å². The van der Waals surface area contributed by atoms with Crippen molar-refractivity contribution >= 4 is 0 Å². The second-order valence-corrected chi connectivity index (χ2v) is 12.9. The van der Waals surface area contributed by atoms with E-state index >= 15 is 0 Å². The molecule has 0 N–H and O–H groups in total. The molecule has 0 aliphatic rings. The van der Waals surface area contributed by atoms with Crippen molar-refractivity contribution in [3.63, 3.8) is 0 Å². The van der Waals surface area contributed by atoms with Gasteiger partial charge in [-0.25, -0.2) is 0 Å². The van der Waals surface area contributed by atoms with Crippen molar-refractivity contribution in [2.24, 2.45) is 16.2 Å². The van der Waals surface area contributed by atoms with Crippen LogP contribution in [-0.2, 0) is 0 Å². The lowest BCUT2D eigenvalue weighted by Gasteiger charge is -2.60. The summed E-state index contributed by atoms with van der Waals surface area (Å²) in [5.41, 5.74) is 0.235. The van der Waals surface area contributed by atoms with E-state index < -0.39 is 0 Å². The van der Waals surface area contributed by atoms with Gasteiger partial charge in [0.05, 0.1) is 0 Å². The molecule has 0 amide bonds. The van der Waals surface area contributed by atoms with E-state index in [9.17, 15) is 0 Å². The van der Waals surface area contributed by atoms with Crippen molar-refractivity contribution in [2.75, 3.05) is 0 Å². The van der Waals surface area contributed by atoms with Crippen molar-refractivity contribution in [3.8, 4) is 0 Å². The summed E-state index contributed by atoms with van der Waals surface area (Å²) in [4.78, 5) is 2.79. The minimum absolute atomic E-state index is 0.000804. The van der Waals surface area contributed by atoms with Crippen LogP contribution in [0.1, 0.15) is 102 Å². The summed E-state index contributed by atoms with van der Waals surface area (Å²) in [5.74, 6) is 0. The molecule has 0 rings (SSSR count). The second-order valence-electron chi connectivity index (χ2n) is 12.9. The van der Waals surface area contributed by atoms with Crippen LogP contribution >= 0.6 is 0 Å². The van der Waals surface area contributed by atoms with E-state index in [2.05, 4.69) is 126 Å². The van der Waals surface area contributed by atoms with Crippen LogP contribution in [0.15, 0.2) is 38.0 Å². The lowest BCUT2D eigenvalue weighted by molar-refractivity contribution is -0.0992. The maximum Gasteiger partial charge on any atom is 0.0171 e. The summed E-state index contributed by atoms with van der Waals surface area (Å²) < 4.78 is 0. The van der Waals surface area contributed by atoms with Crippen LogP contribution in [0.2, 0.25) is 0 Å². The highest BCUT2D eigenvalue weighted by Crippen LogP contribution is 2.47. The zero-order valence-electron chi connectivity index (χ0n) is 21.4. The average molecular weight is 390 g/mol. The lowest BCUT2D eigenvalue weighted by atomic mass is 9.69. The van der Waals surface area contributed by atoms with E-state index in [0.717, 1.165) is 19.3 Å². The minimum Gasteiger partial charge on any atom is -0.288 e. The van der Waals surface area contributed by atoms with Gasteiger partial charge in [-0.3, -0.25) is 4.90 Å². The molecular weight excluding hydrogens is 338 g/mol. The molecule has 0 saturated heterocycles. The SMILES string of the molecule is C=CC(C)(C)CC(C)(C)N(C(C)(C)CC(C)(C)C=C)C(C)(C)CC(C)(C)C=C. The molecule has 0 atom stereocenters. The third-order valence-corrected chi connectivity index (χ3v) is 6.14. The molecule has 0 aromatic carbocycles. The quantitative estimate of drug-likeness (QED) is 0.303. The highest BCUT2D eigenvalue weighted by atomic mass is 15.3. The molecule has 1 heteroatoms. The summed E-state index contributed by atoms with van der Waals surface area (Å²) in [6.07, 6.45) is 9.48. The standard InChI is InChI=1S/C27H51N/c1-16-22(4,5)19-25(10,11)28(26(12,13)20-23(6,7)17-2)27(14,15)21-24(8,9)18-3/h16-18H,1-3,19-21H2,4-15H3. The van der Waals surface area contributed by atoms with Crippen LogP contribution in [0, 0.1) is 16.2 Å². The molecular formula is C27H51N. The fraction of sp³-hybridized carbons (Fsp3) is 0.778. The number of nitrogens with zero attached hydrogens (tertiary/aromatic N) is 1. The smallest absolute Gasteiger partial charge is 0.0171 e. The fourth-order valence-electron chi connectivity index (χ4n) is 6.26. The normalized spacial score (nSPS) is 14.9. The average Bonchev–Trinajstić information content (AvgIpc) is 2.42. The summed E-state index contributed by atoms with van der Waals surface area (Å²) >= 11 is 0. The van der Waals surface area contributed by atoms with Gasteiger partial charge in [0, 0.05) is 16.6 Å². The Kier molecular flexibility index (Phi) is 8.26. The van der Waals surface area contributed by atoms with Gasteiger partial charge in [-0.15, -0.1) is 19.7 Å². The molecule has 0 aromatic rings. The summed E-state index contributed by atoms with van der Waals surface area (Å²) in [6.45, 7) is 40.5. The maximum atomic E-state index is 4.10. The molecule has 0 aromatic heterocycles. The van der Waals surface area contributed by atoms with Crippen LogP contribution in [-0.4, -0.2) is 21.5 Å². The predicted octanol–water partition coefficient (Wildman–Crippen LogP) is 8.43. The summed E-state index contributed by atoms with van der Waals surface area (Å²) in [6, 6.07) is 0. The van der Waals surface area contributed by atoms with E-state index in [4.69, 9.17) is 0 Å². The predicted molar refractivity (Wildman–Crippen MR) is 130 cm³/mol. The molecule has 0 saturated carbocycles. The molecule has 0 spiro atoms. The van der Waals surface area contributed by atoms with E-state index in [-0.39, 0.29) is 32.9 Å². The van der Waals surface area contributed by atoms with Crippen molar-refractivity contribution in [1.29, 1.82) is 0 Å². The zero-order chi connectivity index (χ0) is 22.8. The highest BCUT2D eigenvalue weighted by molar-refractivity contribution is 5.08. The summed E-state index contributed by atoms with van der Waals surface area (Å²) in [5, 5.41) is 0. The molecule has 1 nitrogen and oxygen atoms in total. The Morgan fingerprint density at radius 3 is 0.786 bits per heavy atom. The fourth-order valence-corrected chi connectivity index (χ4v) is 6.26. The number of allylic oxidation sites excluding steroid dienone is 3. The van der Waals surface area contributed by atoms with Gasteiger partial charge in [0.1, 0.15) is 0 Å². The molecule has 164 valence electrons. The van der Waals surface area contributed by atoms with Crippen LogP contribution in [0.25, 0.3) is 0 Å². The van der Waals surface area contributed by atoms with Gasteiger partial charge in [0.25, 0.3) is 0 Å². The topological polar surface area (TPSA) is 3.24 Å². The molecule has 28 heavy (non-hydrogen) atoms. The molecule has 0 aliphatic heterocycles. The molecule has 0 fully saturated rings. The molecule has 0 radical (unpaired) electrons. The Morgan fingerprint density at radius 1 is 0.464 bits per heavy atom. The highest BCUT2D eigenvalue weighted by Gasteiger charge is 2.49. The van der Waals surface area contributed by atoms with E-state index in [0.29, 0.717) is 0 Å². The van der Waals surface area contributed by atoms with Crippen LogP contribution in [0.4, 0.5) is 0 Å². The van der Waals surface area contributed by atoms with Crippen LogP contribution in [0.5, 0.6) is 0 Å². The first kappa shape index (κ1) is 27.2. The first-order chi connectivity index (χ1) is 12.2. The van der Waals surface area contributed by atoms with Crippen molar-refractivity contribution < 1.29 is 0 Å². The minimum atomic E-state index is -0.000804. The Balaban J connectivity index is 6.42. The van der Waals surface area contributed by atoms with Gasteiger partial charge in [-0.1, -0.05) is 59.8 Å². The lowest BCUT2D eigenvalue weighted by Crippen LogP contribution is -2.66. The van der Waals surface area contributed by atoms with E-state index in [1.54, 1.807) is 0 Å². The van der Waals surface area contributed by atoms with Crippen molar-refractivity contribution in [3.05, 3.63) is 38.0 Å². The maximum absolute atomic E-state index is 4.10. The second kappa shape index (κ2) is 8.50. The Morgan fingerprint density at radius 2 is 0.643 bits per heavy atom. The summed E-state index contributed by atoms with van der Waals surface area (Å²) in [7, 11) is 0. The monoisotopic (exact) mass is 389 g/mol. The molecule has 0 bridgehead atoms. The van der Waals surface area contributed by atoms with Gasteiger partial charge in [-0.2, -0.15) is 0 Å². The molecule has 0 heterocycles. The van der Waals surface area contributed by atoms with Gasteiger partial charge in [0.2, 0.25) is 0 Å². The number of rotatable bonds is 12. The van der Waals surface area contributed by atoms with Gasteiger partial charge >= 0.3 is 0 Å². The van der Waals surface area contributed by atoms with E-state index in [1.807, 2.05) is 0 Å². The van der Waals surface area contributed by atoms with Crippen molar-refractivity contribution in [1.82, 2.24) is 4.90 Å². The molecule has 0 aliphatic carbocycles.